The molecule has 6 rings (SSSR count). The van der Waals surface area contributed by atoms with E-state index in [1.165, 1.54) is 109 Å². The number of rotatable bonds is 6. The van der Waals surface area contributed by atoms with Crippen LogP contribution in [0.4, 0.5) is 0 Å². The van der Waals surface area contributed by atoms with E-state index in [9.17, 15) is 10.2 Å². The van der Waals surface area contributed by atoms with Crippen molar-refractivity contribution in [3.8, 4) is 11.5 Å². The highest BCUT2D eigenvalue weighted by Gasteiger charge is 2.31. The van der Waals surface area contributed by atoms with Crippen LogP contribution in [0.25, 0.3) is 0 Å². The molecule has 2 aromatic rings. The van der Waals surface area contributed by atoms with Crippen molar-refractivity contribution in [2.75, 3.05) is 0 Å². The summed E-state index contributed by atoms with van der Waals surface area (Å²) in [6, 6.07) is 9.07. The van der Waals surface area contributed by atoms with Gasteiger partial charge in [-0.05, 0) is 122 Å². The molecule has 2 N–H and O–H groups in total. The molecule has 0 saturated heterocycles. The molecule has 3 heteroatoms. The van der Waals surface area contributed by atoms with Crippen LogP contribution in [0, 0.1) is 0 Å². The van der Waals surface area contributed by atoms with Gasteiger partial charge in [0.15, 0.2) is 0 Å². The molecular formula is C28H34O2S. The van der Waals surface area contributed by atoms with Gasteiger partial charge >= 0.3 is 0 Å². The fourth-order valence-corrected chi connectivity index (χ4v) is 6.69. The van der Waals surface area contributed by atoms with Crippen molar-refractivity contribution in [2.45, 2.75) is 111 Å². The molecule has 4 saturated carbocycles. The Morgan fingerprint density at radius 2 is 0.742 bits per heavy atom. The Labute approximate surface area is 190 Å². The predicted molar refractivity (Wildman–Crippen MR) is 127 cm³/mol. The maximum absolute atomic E-state index is 11.1. The van der Waals surface area contributed by atoms with Crippen LogP contribution < -0.4 is 0 Å². The Hall–Kier alpha value is -1.61. The molecule has 0 unspecified atom stereocenters. The topological polar surface area (TPSA) is 40.5 Å². The van der Waals surface area contributed by atoms with Crippen molar-refractivity contribution in [3.63, 3.8) is 0 Å². The minimum atomic E-state index is 0.537. The first-order valence-electron chi connectivity index (χ1n) is 12.6. The molecule has 0 aliphatic heterocycles. The van der Waals surface area contributed by atoms with Gasteiger partial charge in [-0.3, -0.25) is 0 Å². The van der Waals surface area contributed by atoms with Gasteiger partial charge in [-0.15, -0.1) is 0 Å². The molecule has 0 aromatic heterocycles. The van der Waals surface area contributed by atoms with Crippen LogP contribution in [0.15, 0.2) is 34.1 Å². The molecule has 0 atom stereocenters. The van der Waals surface area contributed by atoms with E-state index in [-0.39, 0.29) is 0 Å². The summed E-state index contributed by atoms with van der Waals surface area (Å²) in [6.45, 7) is 0. The fraction of sp³-hybridized carbons (Fsp3) is 0.571. The number of phenols is 2. The molecule has 4 fully saturated rings. The van der Waals surface area contributed by atoms with E-state index in [1.54, 1.807) is 0 Å². The number of hydrogen-bond acceptors (Lipinski definition) is 3. The third-order valence-corrected chi connectivity index (χ3v) is 9.64. The van der Waals surface area contributed by atoms with Gasteiger partial charge in [-0.2, -0.15) is 0 Å². The highest BCUT2D eigenvalue weighted by molar-refractivity contribution is 7.99. The summed E-state index contributed by atoms with van der Waals surface area (Å²) in [5.41, 5.74) is 4.76. The second-order valence-corrected chi connectivity index (χ2v) is 11.7. The van der Waals surface area contributed by atoms with Gasteiger partial charge < -0.3 is 10.2 Å². The highest BCUT2D eigenvalue weighted by atomic mass is 32.2. The molecule has 0 bridgehead atoms. The molecule has 31 heavy (non-hydrogen) atoms. The summed E-state index contributed by atoms with van der Waals surface area (Å²) in [7, 11) is 0. The average Bonchev–Trinajstić information content (AvgIpc) is 2.56. The van der Waals surface area contributed by atoms with Crippen LogP contribution in [-0.2, 0) is 0 Å². The molecule has 0 radical (unpaired) electrons. The Bertz CT molecular complexity index is 831. The Balaban J connectivity index is 1.37. The SMILES string of the molecule is Oc1c(C2CCC2)cc(Sc2cc(C3CCC3)c(O)c(C3CCC3)c2)cc1C1CCC1. The summed E-state index contributed by atoms with van der Waals surface area (Å²) >= 11 is 1.85. The lowest BCUT2D eigenvalue weighted by Gasteiger charge is -2.32. The molecule has 0 heterocycles. The largest absolute Gasteiger partial charge is 0.507 e. The zero-order valence-electron chi connectivity index (χ0n) is 18.4. The number of aromatic hydroxyl groups is 2. The number of phenolic OH excluding ortho intramolecular Hbond substituents is 2. The molecule has 2 aromatic carbocycles. The Kier molecular flexibility index (Phi) is 5.21. The number of hydrogen-bond donors (Lipinski definition) is 2. The molecule has 0 amide bonds. The molecule has 164 valence electrons. The second kappa shape index (κ2) is 8.06. The quantitative estimate of drug-likeness (QED) is 0.480. The van der Waals surface area contributed by atoms with Gasteiger partial charge in [0.05, 0.1) is 0 Å². The van der Waals surface area contributed by atoms with Gasteiger partial charge in [0.1, 0.15) is 11.5 Å². The third-order valence-electron chi connectivity index (χ3n) is 8.70. The lowest BCUT2D eigenvalue weighted by Crippen LogP contribution is -2.14. The van der Waals surface area contributed by atoms with Crippen LogP contribution >= 0.6 is 11.8 Å². The zero-order chi connectivity index (χ0) is 20.9. The molecule has 2 nitrogen and oxygen atoms in total. The van der Waals surface area contributed by atoms with Crippen molar-refractivity contribution in [3.05, 3.63) is 46.5 Å². The van der Waals surface area contributed by atoms with Gasteiger partial charge in [0, 0.05) is 9.79 Å². The number of benzene rings is 2. The predicted octanol–water partition coefficient (Wildman–Crippen LogP) is 8.32. The van der Waals surface area contributed by atoms with E-state index in [2.05, 4.69) is 24.3 Å². The van der Waals surface area contributed by atoms with Crippen LogP contribution in [0.2, 0.25) is 0 Å². The summed E-state index contributed by atoms with van der Waals surface area (Å²) in [4.78, 5) is 2.54. The first-order chi connectivity index (χ1) is 15.2. The van der Waals surface area contributed by atoms with E-state index in [1.807, 2.05) is 11.8 Å². The average molecular weight is 435 g/mol. The summed E-state index contributed by atoms with van der Waals surface area (Å²) in [5.74, 6) is 3.33. The van der Waals surface area contributed by atoms with Crippen molar-refractivity contribution < 1.29 is 10.2 Å². The first kappa shape index (κ1) is 20.0. The smallest absolute Gasteiger partial charge is 0.122 e. The second-order valence-electron chi connectivity index (χ2n) is 10.5. The van der Waals surface area contributed by atoms with Gasteiger partial charge in [-0.25, -0.2) is 0 Å². The van der Waals surface area contributed by atoms with E-state index in [0.29, 0.717) is 35.2 Å². The fourth-order valence-electron chi connectivity index (χ4n) is 5.68. The highest BCUT2D eigenvalue weighted by Crippen LogP contribution is 2.51. The summed E-state index contributed by atoms with van der Waals surface area (Å²) in [6.07, 6.45) is 14.8. The standard InChI is InChI=1S/C28H34O2S/c29-27-23(17-5-1-6-17)13-21(14-24(27)18-7-2-8-18)31-22-15-25(19-9-3-10-19)28(30)26(16-22)20-11-4-12-20/h13-20,29-30H,1-12H2. The van der Waals surface area contributed by atoms with E-state index in [4.69, 9.17) is 0 Å². The Morgan fingerprint density at radius 1 is 0.484 bits per heavy atom. The monoisotopic (exact) mass is 434 g/mol. The van der Waals surface area contributed by atoms with Crippen LogP contribution in [-0.4, -0.2) is 10.2 Å². The molecule has 4 aliphatic carbocycles. The van der Waals surface area contributed by atoms with Crippen molar-refractivity contribution in [1.82, 2.24) is 0 Å². The normalized spacial score (nSPS) is 22.5. The van der Waals surface area contributed by atoms with Crippen molar-refractivity contribution >= 4 is 11.8 Å². The molecule has 0 spiro atoms. The van der Waals surface area contributed by atoms with Crippen LogP contribution in [0.3, 0.4) is 0 Å². The minimum absolute atomic E-state index is 0.537. The van der Waals surface area contributed by atoms with Gasteiger partial charge in [0.25, 0.3) is 0 Å². The van der Waals surface area contributed by atoms with Crippen molar-refractivity contribution in [2.24, 2.45) is 0 Å². The maximum atomic E-state index is 11.1. The van der Waals surface area contributed by atoms with Crippen molar-refractivity contribution in [1.29, 1.82) is 0 Å². The van der Waals surface area contributed by atoms with Crippen LogP contribution in [0.1, 0.15) is 123 Å². The summed E-state index contributed by atoms with van der Waals surface area (Å²) in [5, 5.41) is 22.1. The molecular weight excluding hydrogens is 400 g/mol. The van der Waals surface area contributed by atoms with Crippen LogP contribution in [0.5, 0.6) is 11.5 Å². The third kappa shape index (κ3) is 3.57. The molecule has 4 aliphatic rings. The summed E-state index contributed by atoms with van der Waals surface area (Å²) < 4.78 is 0. The van der Waals surface area contributed by atoms with Gasteiger partial charge in [-0.1, -0.05) is 37.4 Å². The zero-order valence-corrected chi connectivity index (χ0v) is 19.2. The van der Waals surface area contributed by atoms with E-state index in [0.717, 1.165) is 0 Å². The lowest BCUT2D eigenvalue weighted by molar-refractivity contribution is 0.368. The van der Waals surface area contributed by atoms with E-state index < -0.39 is 0 Å². The van der Waals surface area contributed by atoms with Gasteiger partial charge in [0.2, 0.25) is 0 Å². The lowest BCUT2D eigenvalue weighted by atomic mass is 9.75. The van der Waals surface area contributed by atoms with E-state index >= 15 is 0 Å². The maximum Gasteiger partial charge on any atom is 0.122 e. The Morgan fingerprint density at radius 3 is 0.935 bits per heavy atom. The first-order valence-corrected chi connectivity index (χ1v) is 13.4. The minimum Gasteiger partial charge on any atom is -0.507 e.